The summed E-state index contributed by atoms with van der Waals surface area (Å²) in [7, 11) is 0. The minimum absolute atomic E-state index is 0. The van der Waals surface area contributed by atoms with E-state index in [-0.39, 0.29) is 48.9 Å². The van der Waals surface area contributed by atoms with Gasteiger partial charge in [0.05, 0.1) is 12.0 Å². The van der Waals surface area contributed by atoms with Gasteiger partial charge < -0.3 is 9.52 Å². The largest absolute Gasteiger partial charge is 0.512 e. The summed E-state index contributed by atoms with van der Waals surface area (Å²) in [5.74, 6) is 1.94. The molecule has 5 nitrogen and oxygen atoms in total. The summed E-state index contributed by atoms with van der Waals surface area (Å²) in [4.78, 5) is 21.0. The molecular weight excluding hydrogens is 785 g/mol. The number of carbonyl (C=O) groups excluding carboxylic acids is 1. The average Bonchev–Trinajstić information content (AvgIpc) is 3.49. The number of rotatable bonds is 11. The van der Waals surface area contributed by atoms with Gasteiger partial charge in [0.25, 0.3) is 0 Å². The molecule has 0 aliphatic heterocycles. The molecule has 0 amide bonds. The first-order valence-corrected chi connectivity index (χ1v) is 17.6. The second kappa shape index (κ2) is 17.9. The fraction of sp³-hybridized carbons (Fsp3) is 0.419. The molecule has 6 heteroatoms. The van der Waals surface area contributed by atoms with Gasteiger partial charge in [0, 0.05) is 66.6 Å². The summed E-state index contributed by atoms with van der Waals surface area (Å²) in [5.41, 5.74) is 6.11. The molecule has 3 aromatic heterocycles. The molecule has 0 saturated heterocycles. The number of benzene rings is 2. The van der Waals surface area contributed by atoms with Crippen LogP contribution in [0.1, 0.15) is 99.3 Å². The van der Waals surface area contributed by atoms with E-state index in [4.69, 9.17) is 4.42 Å². The normalized spacial score (nSPS) is 12.0. The number of fused-ring (bicyclic) bond motifs is 2. The Bertz CT molecular complexity index is 1860. The third-order valence-corrected chi connectivity index (χ3v) is 9.06. The topological polar surface area (TPSA) is 76.2 Å². The Hall–Kier alpha value is -3.60. The molecule has 1 radical (unpaired) electrons. The number of pyridine rings is 2. The maximum atomic E-state index is 11.7. The number of aliphatic hydroxyl groups excluding tert-OH is 1. The van der Waals surface area contributed by atoms with Crippen LogP contribution < -0.4 is 0 Å². The fourth-order valence-corrected chi connectivity index (χ4v) is 6.16. The van der Waals surface area contributed by atoms with Gasteiger partial charge in [-0.3, -0.25) is 14.8 Å². The predicted octanol–water partition coefficient (Wildman–Crippen LogP) is 11.9. The molecule has 0 atom stereocenters. The first-order valence-electron chi connectivity index (χ1n) is 17.6. The average molecular weight is 838 g/mol. The van der Waals surface area contributed by atoms with Gasteiger partial charge in [0.2, 0.25) is 0 Å². The molecule has 0 fully saturated rings. The molecule has 3 heterocycles. The molecule has 0 aliphatic carbocycles. The Morgan fingerprint density at radius 2 is 1.59 bits per heavy atom. The van der Waals surface area contributed by atoms with Gasteiger partial charge >= 0.3 is 0 Å². The van der Waals surface area contributed by atoms with Crippen LogP contribution in [0.4, 0.5) is 0 Å². The number of hydrogen-bond acceptors (Lipinski definition) is 5. The smallest absolute Gasteiger partial charge is 0.162 e. The molecule has 5 aromatic rings. The second-order valence-corrected chi connectivity index (χ2v) is 14.2. The molecule has 0 bridgehead atoms. The van der Waals surface area contributed by atoms with Crippen LogP contribution in [0, 0.1) is 23.8 Å². The third kappa shape index (κ3) is 10.2. The van der Waals surface area contributed by atoms with Crippen molar-refractivity contribution in [3.8, 4) is 22.6 Å². The number of furan rings is 1. The predicted molar refractivity (Wildman–Crippen MR) is 200 cm³/mol. The SMILES string of the molecule is CC(C)Cc1cc2cc(-c3ccnc(-c4[c-]c5ccccc5c(C(C)(C)C)c4)c3)oc2cn1.CCC(CC)C(=O)/C=C(\O)C(CC)CC.[Ir]. The first kappa shape index (κ1) is 39.8. The number of ketones is 1. The molecule has 0 aliphatic rings. The molecule has 2 aromatic carbocycles. The van der Waals surface area contributed by atoms with E-state index in [0.717, 1.165) is 76.7 Å². The summed E-state index contributed by atoms with van der Waals surface area (Å²) in [6, 6.07) is 22.6. The van der Waals surface area contributed by atoms with Crippen LogP contribution in [0.5, 0.6) is 0 Å². The van der Waals surface area contributed by atoms with Gasteiger partial charge in [0.15, 0.2) is 11.4 Å². The zero-order valence-corrected chi connectivity index (χ0v) is 33.1. The van der Waals surface area contributed by atoms with E-state index < -0.39 is 0 Å². The van der Waals surface area contributed by atoms with Crippen molar-refractivity contribution >= 4 is 27.5 Å². The Balaban J connectivity index is 0.000000347. The molecular formula is C43H53IrN2O3-. The van der Waals surface area contributed by atoms with E-state index >= 15 is 0 Å². The Kier molecular flexibility index (Phi) is 14.5. The number of allylic oxidation sites excluding steroid dienone is 2. The molecule has 49 heavy (non-hydrogen) atoms. The van der Waals surface area contributed by atoms with Crippen LogP contribution in [-0.2, 0) is 36.7 Å². The van der Waals surface area contributed by atoms with Gasteiger partial charge in [0.1, 0.15) is 5.76 Å². The standard InChI is InChI=1S/C30H29N2O.C13H24O2.Ir/c1-19(2)12-24-14-23-17-28(33-29(23)18-32-24)21-10-11-31-27(16-21)22-13-20-8-6-7-9-25(20)26(15-22)30(3,4)5;1-5-10(6-2)12(14)9-13(15)11(7-3)8-4;/h6-11,14-19H,12H2,1-5H3;9-11,14H,5-8H2,1-4H3;/q-1;;/b;12-9-;. The van der Waals surface area contributed by atoms with Crippen LogP contribution in [0.15, 0.2) is 83.2 Å². The minimum atomic E-state index is 0. The van der Waals surface area contributed by atoms with E-state index in [9.17, 15) is 9.90 Å². The van der Waals surface area contributed by atoms with Gasteiger partial charge in [-0.15, -0.1) is 29.1 Å². The maximum Gasteiger partial charge on any atom is 0.162 e. The molecule has 1 N–H and O–H groups in total. The first-order chi connectivity index (χ1) is 22.9. The van der Waals surface area contributed by atoms with E-state index in [1.165, 1.54) is 17.0 Å². The summed E-state index contributed by atoms with van der Waals surface area (Å²) in [5, 5.41) is 13.2. The van der Waals surface area contributed by atoms with Crippen molar-refractivity contribution in [2.45, 2.75) is 99.8 Å². The van der Waals surface area contributed by atoms with Crippen LogP contribution in [0.2, 0.25) is 0 Å². The number of carbonyl (C=O) groups is 1. The molecule has 5 rings (SSSR count). The number of aliphatic hydroxyl groups is 1. The Morgan fingerprint density at radius 1 is 0.918 bits per heavy atom. The third-order valence-electron chi connectivity index (χ3n) is 9.06. The van der Waals surface area contributed by atoms with E-state index in [2.05, 4.69) is 99.2 Å². The van der Waals surface area contributed by atoms with Gasteiger partial charge in [-0.25, -0.2) is 0 Å². The monoisotopic (exact) mass is 838 g/mol. The summed E-state index contributed by atoms with van der Waals surface area (Å²) in [6.45, 7) is 19.2. The zero-order chi connectivity index (χ0) is 35.0. The summed E-state index contributed by atoms with van der Waals surface area (Å²) < 4.78 is 6.15. The summed E-state index contributed by atoms with van der Waals surface area (Å²) >= 11 is 0. The van der Waals surface area contributed by atoms with Gasteiger partial charge in [-0.2, -0.15) is 0 Å². The number of aromatic nitrogens is 2. The van der Waals surface area contributed by atoms with Crippen molar-refractivity contribution in [3.63, 3.8) is 0 Å². The minimum Gasteiger partial charge on any atom is -0.512 e. The molecule has 0 spiro atoms. The number of hydrogen-bond donors (Lipinski definition) is 1. The number of nitrogens with zero attached hydrogens (tertiary/aromatic N) is 2. The quantitative estimate of drug-likeness (QED) is 0.0815. The Labute approximate surface area is 307 Å². The van der Waals surface area contributed by atoms with Crippen molar-refractivity contribution in [3.05, 3.63) is 96.1 Å². The maximum absolute atomic E-state index is 11.7. The molecule has 263 valence electrons. The Morgan fingerprint density at radius 3 is 2.22 bits per heavy atom. The van der Waals surface area contributed by atoms with Crippen molar-refractivity contribution in [1.29, 1.82) is 0 Å². The van der Waals surface area contributed by atoms with Gasteiger partial charge in [-0.1, -0.05) is 97.5 Å². The second-order valence-electron chi connectivity index (χ2n) is 14.2. The van der Waals surface area contributed by atoms with Crippen molar-refractivity contribution in [2.75, 3.05) is 0 Å². The van der Waals surface area contributed by atoms with Crippen LogP contribution in [-0.4, -0.2) is 20.9 Å². The van der Waals surface area contributed by atoms with E-state index in [1.807, 2.05) is 46.2 Å². The van der Waals surface area contributed by atoms with Crippen LogP contribution in [0.25, 0.3) is 44.3 Å². The van der Waals surface area contributed by atoms with Crippen molar-refractivity contribution in [1.82, 2.24) is 9.97 Å². The molecule has 0 unspecified atom stereocenters. The van der Waals surface area contributed by atoms with Crippen molar-refractivity contribution < 1.29 is 34.4 Å². The zero-order valence-electron chi connectivity index (χ0n) is 30.7. The van der Waals surface area contributed by atoms with E-state index in [0.29, 0.717) is 5.92 Å². The molecule has 0 saturated carbocycles. The van der Waals surface area contributed by atoms with Crippen LogP contribution in [0.3, 0.4) is 0 Å². The van der Waals surface area contributed by atoms with E-state index in [1.54, 1.807) is 0 Å². The fourth-order valence-electron chi connectivity index (χ4n) is 6.16. The summed E-state index contributed by atoms with van der Waals surface area (Å²) in [6.07, 6.45) is 9.55. The van der Waals surface area contributed by atoms with Crippen LogP contribution >= 0.6 is 0 Å². The van der Waals surface area contributed by atoms with Crippen molar-refractivity contribution in [2.24, 2.45) is 17.8 Å². The van der Waals surface area contributed by atoms with Gasteiger partial charge in [-0.05, 0) is 61.6 Å².